The van der Waals surface area contributed by atoms with Crippen LogP contribution in [0.1, 0.15) is 30.5 Å². The highest BCUT2D eigenvalue weighted by Crippen LogP contribution is 2.33. The average Bonchev–Trinajstić information content (AvgIpc) is 2.76. The number of carbonyl (C=O) groups excluding carboxylic acids is 2. The SMILES string of the molecule is C=C(C)C(=O)Oc1ccc(-c2ccc(-c3ccc(OC(=O)C(=C)C)c(C)c3)c(C)c2)cc1C. The molecule has 0 saturated carbocycles. The standard InChI is InChI=1S/C29H28O4/c1-17(2)28(30)32-26-12-9-23(15-20(26)6)22-8-11-25(19(5)14-22)24-10-13-27(21(7)16-24)33-29(31)18(3)4/h8-16H,1,3H2,2,4-7H3. The van der Waals surface area contributed by atoms with Crippen LogP contribution in [0.25, 0.3) is 22.3 Å². The van der Waals surface area contributed by atoms with E-state index < -0.39 is 11.9 Å². The summed E-state index contributed by atoms with van der Waals surface area (Å²) in [6.45, 7) is 16.4. The lowest BCUT2D eigenvalue weighted by atomic mass is 9.94. The smallest absolute Gasteiger partial charge is 0.338 e. The summed E-state index contributed by atoms with van der Waals surface area (Å²) in [6.07, 6.45) is 0. The average molecular weight is 441 g/mol. The second-order valence-electron chi connectivity index (χ2n) is 8.33. The molecule has 0 heterocycles. The maximum absolute atomic E-state index is 11.8. The predicted molar refractivity (Wildman–Crippen MR) is 132 cm³/mol. The number of hydrogen-bond donors (Lipinski definition) is 0. The van der Waals surface area contributed by atoms with Crippen molar-refractivity contribution in [2.75, 3.05) is 0 Å². The Morgan fingerprint density at radius 1 is 0.606 bits per heavy atom. The molecular formula is C29H28O4. The Morgan fingerprint density at radius 2 is 1.00 bits per heavy atom. The fraction of sp³-hybridized carbons (Fsp3) is 0.172. The van der Waals surface area contributed by atoms with Crippen LogP contribution in [0.2, 0.25) is 0 Å². The molecule has 0 atom stereocenters. The van der Waals surface area contributed by atoms with Gasteiger partial charge in [0, 0.05) is 11.1 Å². The van der Waals surface area contributed by atoms with Crippen LogP contribution in [-0.2, 0) is 9.59 Å². The van der Waals surface area contributed by atoms with Gasteiger partial charge in [0.15, 0.2) is 0 Å². The highest BCUT2D eigenvalue weighted by molar-refractivity contribution is 5.89. The number of rotatable bonds is 6. The topological polar surface area (TPSA) is 52.6 Å². The highest BCUT2D eigenvalue weighted by Gasteiger charge is 2.12. The van der Waals surface area contributed by atoms with Gasteiger partial charge in [0.2, 0.25) is 0 Å². The summed E-state index contributed by atoms with van der Waals surface area (Å²) in [6, 6.07) is 17.8. The Labute approximate surface area is 195 Å². The lowest BCUT2D eigenvalue weighted by Gasteiger charge is -2.13. The van der Waals surface area contributed by atoms with Crippen LogP contribution in [0.3, 0.4) is 0 Å². The summed E-state index contributed by atoms with van der Waals surface area (Å²) >= 11 is 0. The Bertz CT molecular complexity index is 1280. The second kappa shape index (κ2) is 9.70. The molecule has 33 heavy (non-hydrogen) atoms. The van der Waals surface area contributed by atoms with Gasteiger partial charge in [0.1, 0.15) is 11.5 Å². The minimum absolute atomic E-state index is 0.363. The van der Waals surface area contributed by atoms with Gasteiger partial charge < -0.3 is 9.47 Å². The molecule has 3 aromatic carbocycles. The molecule has 0 spiro atoms. The fourth-order valence-electron chi connectivity index (χ4n) is 3.42. The molecule has 0 aromatic heterocycles. The molecule has 4 nitrogen and oxygen atoms in total. The van der Waals surface area contributed by atoms with E-state index in [4.69, 9.17) is 9.47 Å². The van der Waals surface area contributed by atoms with Gasteiger partial charge in [0.05, 0.1) is 0 Å². The number of carbonyl (C=O) groups is 2. The summed E-state index contributed by atoms with van der Waals surface area (Å²) in [5, 5.41) is 0. The van der Waals surface area contributed by atoms with Crippen molar-refractivity contribution in [1.82, 2.24) is 0 Å². The van der Waals surface area contributed by atoms with Crippen molar-refractivity contribution in [2.45, 2.75) is 34.6 Å². The Balaban J connectivity index is 1.86. The summed E-state index contributed by atoms with van der Waals surface area (Å²) in [4.78, 5) is 23.6. The van der Waals surface area contributed by atoms with Gasteiger partial charge >= 0.3 is 11.9 Å². The largest absolute Gasteiger partial charge is 0.423 e. The lowest BCUT2D eigenvalue weighted by molar-refractivity contribution is -0.131. The molecule has 3 aromatic rings. The van der Waals surface area contributed by atoms with Gasteiger partial charge in [-0.1, -0.05) is 43.5 Å². The van der Waals surface area contributed by atoms with Crippen molar-refractivity contribution in [1.29, 1.82) is 0 Å². The van der Waals surface area contributed by atoms with E-state index in [1.165, 1.54) is 0 Å². The third kappa shape index (κ3) is 5.47. The Morgan fingerprint density at radius 3 is 1.42 bits per heavy atom. The van der Waals surface area contributed by atoms with Crippen LogP contribution in [0, 0.1) is 20.8 Å². The van der Waals surface area contributed by atoms with Crippen LogP contribution in [0.4, 0.5) is 0 Å². The first-order chi connectivity index (χ1) is 15.6. The van der Waals surface area contributed by atoms with E-state index in [2.05, 4.69) is 38.3 Å². The molecule has 168 valence electrons. The monoisotopic (exact) mass is 440 g/mol. The number of esters is 2. The molecule has 0 radical (unpaired) electrons. The normalized spacial score (nSPS) is 10.5. The predicted octanol–water partition coefficient (Wildman–Crippen LogP) is 6.91. The van der Waals surface area contributed by atoms with Crippen LogP contribution < -0.4 is 9.47 Å². The summed E-state index contributed by atoms with van der Waals surface area (Å²) in [5.41, 5.74) is 7.85. The van der Waals surface area contributed by atoms with Crippen molar-refractivity contribution >= 4 is 11.9 Å². The first-order valence-electron chi connectivity index (χ1n) is 10.6. The maximum Gasteiger partial charge on any atom is 0.338 e. The number of ether oxygens (including phenoxy) is 2. The van der Waals surface area contributed by atoms with E-state index in [0.717, 1.165) is 38.9 Å². The zero-order valence-corrected chi connectivity index (χ0v) is 19.7. The third-order valence-electron chi connectivity index (χ3n) is 5.32. The first kappa shape index (κ1) is 23.7. The summed E-state index contributed by atoms with van der Waals surface area (Å²) in [5.74, 6) is 0.204. The molecule has 3 rings (SSSR count). The van der Waals surface area contributed by atoms with E-state index in [1.807, 2.05) is 50.2 Å². The first-order valence-corrected chi connectivity index (χ1v) is 10.6. The molecule has 0 saturated heterocycles. The van der Waals surface area contributed by atoms with Gasteiger partial charge in [0.25, 0.3) is 0 Å². The van der Waals surface area contributed by atoms with Crippen molar-refractivity contribution in [2.24, 2.45) is 0 Å². The highest BCUT2D eigenvalue weighted by atomic mass is 16.5. The maximum atomic E-state index is 11.8. The van der Waals surface area contributed by atoms with Crippen LogP contribution >= 0.6 is 0 Å². The van der Waals surface area contributed by atoms with Crippen LogP contribution in [-0.4, -0.2) is 11.9 Å². The fourth-order valence-corrected chi connectivity index (χ4v) is 3.42. The van der Waals surface area contributed by atoms with E-state index >= 15 is 0 Å². The summed E-state index contributed by atoms with van der Waals surface area (Å²) in [7, 11) is 0. The van der Waals surface area contributed by atoms with E-state index in [0.29, 0.717) is 22.6 Å². The Hall–Kier alpha value is -3.92. The van der Waals surface area contributed by atoms with Gasteiger partial charge in [-0.25, -0.2) is 9.59 Å². The van der Waals surface area contributed by atoms with Crippen LogP contribution in [0.5, 0.6) is 11.5 Å². The molecular weight excluding hydrogens is 412 g/mol. The van der Waals surface area contributed by atoms with Crippen molar-refractivity contribution in [3.05, 3.63) is 95.6 Å². The van der Waals surface area contributed by atoms with Crippen molar-refractivity contribution in [3.63, 3.8) is 0 Å². The molecule has 0 N–H and O–H groups in total. The zero-order chi connectivity index (χ0) is 24.3. The molecule has 0 aliphatic rings. The van der Waals surface area contributed by atoms with Crippen molar-refractivity contribution < 1.29 is 19.1 Å². The quantitative estimate of drug-likeness (QED) is 0.237. The van der Waals surface area contributed by atoms with Gasteiger partial charge in [-0.3, -0.25) is 0 Å². The molecule has 0 unspecified atom stereocenters. The zero-order valence-electron chi connectivity index (χ0n) is 19.7. The van der Waals surface area contributed by atoms with Gasteiger partial charge in [-0.15, -0.1) is 0 Å². The summed E-state index contributed by atoms with van der Waals surface area (Å²) < 4.78 is 10.8. The molecule has 4 heteroatoms. The molecule has 0 aliphatic heterocycles. The van der Waals surface area contributed by atoms with Crippen LogP contribution in [0.15, 0.2) is 78.9 Å². The Kier molecular flexibility index (Phi) is 6.98. The number of aryl methyl sites for hydroxylation is 3. The van der Waals surface area contributed by atoms with E-state index in [1.54, 1.807) is 13.8 Å². The number of hydrogen-bond acceptors (Lipinski definition) is 4. The lowest BCUT2D eigenvalue weighted by Crippen LogP contribution is -2.09. The minimum atomic E-state index is -0.429. The van der Waals surface area contributed by atoms with Gasteiger partial charge in [-0.2, -0.15) is 0 Å². The molecule has 0 fully saturated rings. The molecule has 0 aliphatic carbocycles. The van der Waals surface area contributed by atoms with E-state index in [9.17, 15) is 9.59 Å². The second-order valence-corrected chi connectivity index (χ2v) is 8.33. The molecule has 0 amide bonds. The van der Waals surface area contributed by atoms with Gasteiger partial charge in [-0.05, 0) is 97.8 Å². The molecule has 0 bridgehead atoms. The third-order valence-corrected chi connectivity index (χ3v) is 5.32. The minimum Gasteiger partial charge on any atom is -0.423 e. The number of benzene rings is 3. The van der Waals surface area contributed by atoms with Crippen molar-refractivity contribution in [3.8, 4) is 33.8 Å². The van der Waals surface area contributed by atoms with E-state index in [-0.39, 0.29) is 0 Å².